The lowest BCUT2D eigenvalue weighted by Crippen LogP contribution is -2.39. The van der Waals surface area contributed by atoms with Crippen molar-refractivity contribution in [2.24, 2.45) is 0 Å². The van der Waals surface area contributed by atoms with Gasteiger partial charge in [0.15, 0.2) is 5.11 Å². The molecule has 0 saturated carbocycles. The van der Waals surface area contributed by atoms with Crippen LogP contribution in [-0.4, -0.2) is 41.5 Å². The van der Waals surface area contributed by atoms with Crippen LogP contribution in [0.5, 0.6) is 5.75 Å². The van der Waals surface area contributed by atoms with Crippen molar-refractivity contribution >= 4 is 52.1 Å². The Morgan fingerprint density at radius 1 is 1.06 bits per heavy atom. The maximum Gasteiger partial charge on any atom is 0.256 e. The van der Waals surface area contributed by atoms with Crippen LogP contribution in [0.1, 0.15) is 12.0 Å². The van der Waals surface area contributed by atoms with Crippen molar-refractivity contribution in [3.05, 3.63) is 89.2 Å². The van der Waals surface area contributed by atoms with Gasteiger partial charge < -0.3 is 15.0 Å². The van der Waals surface area contributed by atoms with Gasteiger partial charge in [0.25, 0.3) is 5.91 Å². The Balaban J connectivity index is 1.55. The lowest BCUT2D eigenvalue weighted by atomic mass is 10.1. The van der Waals surface area contributed by atoms with E-state index >= 15 is 0 Å². The second-order valence-corrected chi connectivity index (χ2v) is 8.80. The van der Waals surface area contributed by atoms with Crippen molar-refractivity contribution < 1.29 is 18.7 Å². The van der Waals surface area contributed by atoms with Gasteiger partial charge in [-0.3, -0.25) is 14.5 Å². The second kappa shape index (κ2) is 10.8. The lowest BCUT2D eigenvalue weighted by Gasteiger charge is -2.24. The number of anilines is 2. The molecule has 35 heavy (non-hydrogen) atoms. The fourth-order valence-corrected chi connectivity index (χ4v) is 4.42. The molecule has 1 saturated heterocycles. The summed E-state index contributed by atoms with van der Waals surface area (Å²) in [7, 11) is 1.56. The molecular formula is C26H23ClFN3O3S. The standard InChI is InChI=1S/C26H23ClFN3O3S/c1-34-22-12-10-21(11-13-22)31-25(33)23(16-24(32)29-20-8-6-19(28)7-9-20)30(26(31)35)15-14-17-2-4-18(27)5-3-17/h2-13,23H,14-16H2,1H3,(H,29,32)/t23-/m0/s1. The molecule has 180 valence electrons. The van der Waals surface area contributed by atoms with Crippen LogP contribution in [0.15, 0.2) is 72.8 Å². The number of halogens is 2. The summed E-state index contributed by atoms with van der Waals surface area (Å²) in [5.41, 5.74) is 2.07. The molecule has 0 bridgehead atoms. The van der Waals surface area contributed by atoms with Gasteiger partial charge in [-0.1, -0.05) is 23.7 Å². The second-order valence-electron chi connectivity index (χ2n) is 8.00. The summed E-state index contributed by atoms with van der Waals surface area (Å²) < 4.78 is 18.4. The molecule has 3 aromatic rings. The number of rotatable bonds is 8. The largest absolute Gasteiger partial charge is 0.497 e. The van der Waals surface area contributed by atoms with E-state index < -0.39 is 11.9 Å². The highest BCUT2D eigenvalue weighted by Crippen LogP contribution is 2.29. The third kappa shape index (κ3) is 5.78. The Hall–Kier alpha value is -3.49. The molecule has 9 heteroatoms. The molecule has 0 unspecified atom stereocenters. The topological polar surface area (TPSA) is 61.9 Å². The number of carbonyl (C=O) groups is 2. The number of hydrogen-bond donors (Lipinski definition) is 1. The first-order valence-electron chi connectivity index (χ1n) is 10.9. The maximum absolute atomic E-state index is 13.5. The van der Waals surface area contributed by atoms with Gasteiger partial charge in [0.2, 0.25) is 5.91 Å². The molecular weight excluding hydrogens is 489 g/mol. The Labute approximate surface area is 213 Å². The Morgan fingerprint density at radius 2 is 1.71 bits per heavy atom. The number of methoxy groups -OCH3 is 1. The van der Waals surface area contributed by atoms with Crippen molar-refractivity contribution in [3.8, 4) is 5.75 Å². The average Bonchev–Trinajstić information content (AvgIpc) is 3.08. The van der Waals surface area contributed by atoms with Crippen LogP contribution in [0.3, 0.4) is 0 Å². The highest BCUT2D eigenvalue weighted by atomic mass is 35.5. The molecule has 6 nitrogen and oxygen atoms in total. The van der Waals surface area contributed by atoms with E-state index in [-0.39, 0.29) is 18.2 Å². The van der Waals surface area contributed by atoms with Crippen molar-refractivity contribution in [3.63, 3.8) is 0 Å². The van der Waals surface area contributed by atoms with Gasteiger partial charge in [0.05, 0.1) is 19.2 Å². The first kappa shape index (κ1) is 24.6. The first-order valence-corrected chi connectivity index (χ1v) is 11.7. The van der Waals surface area contributed by atoms with E-state index in [1.165, 1.54) is 29.2 Å². The summed E-state index contributed by atoms with van der Waals surface area (Å²) in [6.07, 6.45) is 0.501. The van der Waals surface area contributed by atoms with Crippen molar-refractivity contribution in [1.82, 2.24) is 4.90 Å². The van der Waals surface area contributed by atoms with Gasteiger partial charge in [-0.25, -0.2) is 4.39 Å². The Morgan fingerprint density at radius 3 is 2.34 bits per heavy atom. The summed E-state index contributed by atoms with van der Waals surface area (Å²) in [5, 5.41) is 3.69. The molecule has 1 heterocycles. The quantitative estimate of drug-likeness (QED) is 0.428. The van der Waals surface area contributed by atoms with E-state index in [9.17, 15) is 14.0 Å². The smallest absolute Gasteiger partial charge is 0.256 e. The fraction of sp³-hybridized carbons (Fsp3) is 0.192. The molecule has 2 amide bonds. The van der Waals surface area contributed by atoms with Gasteiger partial charge in [0.1, 0.15) is 17.6 Å². The SMILES string of the molecule is COc1ccc(N2C(=O)[C@H](CC(=O)Nc3ccc(F)cc3)N(CCc3ccc(Cl)cc3)C2=S)cc1. The predicted molar refractivity (Wildman–Crippen MR) is 138 cm³/mol. The third-order valence-corrected chi connectivity index (χ3v) is 6.38. The molecule has 0 radical (unpaired) electrons. The minimum absolute atomic E-state index is 0.108. The summed E-state index contributed by atoms with van der Waals surface area (Å²) in [6.45, 7) is 0.438. The van der Waals surface area contributed by atoms with Crippen LogP contribution in [0.25, 0.3) is 0 Å². The van der Waals surface area contributed by atoms with Crippen LogP contribution < -0.4 is 15.0 Å². The normalized spacial score (nSPS) is 15.5. The highest BCUT2D eigenvalue weighted by Gasteiger charge is 2.43. The fourth-order valence-electron chi connectivity index (χ4n) is 3.88. The molecule has 3 aromatic carbocycles. The van der Waals surface area contributed by atoms with Gasteiger partial charge in [-0.2, -0.15) is 0 Å². The zero-order chi connectivity index (χ0) is 24.9. The molecule has 1 fully saturated rings. The number of thiocarbonyl (C=S) groups is 1. The van der Waals surface area contributed by atoms with E-state index in [2.05, 4.69) is 5.32 Å². The van der Waals surface area contributed by atoms with Crippen molar-refractivity contribution in [1.29, 1.82) is 0 Å². The molecule has 0 spiro atoms. The van der Waals surface area contributed by atoms with Crippen LogP contribution in [0.4, 0.5) is 15.8 Å². The van der Waals surface area contributed by atoms with Crippen molar-refractivity contribution in [2.45, 2.75) is 18.9 Å². The number of amides is 2. The van der Waals surface area contributed by atoms with E-state index in [1.54, 1.807) is 36.3 Å². The lowest BCUT2D eigenvalue weighted by molar-refractivity contribution is -0.124. The zero-order valence-electron chi connectivity index (χ0n) is 18.9. The van der Waals surface area contributed by atoms with Gasteiger partial charge in [-0.15, -0.1) is 0 Å². The minimum atomic E-state index is -0.780. The van der Waals surface area contributed by atoms with Crippen LogP contribution in [-0.2, 0) is 16.0 Å². The molecule has 1 N–H and O–H groups in total. The monoisotopic (exact) mass is 511 g/mol. The van der Waals surface area contributed by atoms with E-state index in [0.29, 0.717) is 40.2 Å². The number of ether oxygens (including phenoxy) is 1. The Kier molecular flexibility index (Phi) is 7.63. The van der Waals surface area contributed by atoms with E-state index in [1.807, 2.05) is 24.3 Å². The van der Waals surface area contributed by atoms with E-state index in [0.717, 1.165) is 5.56 Å². The van der Waals surface area contributed by atoms with Gasteiger partial charge >= 0.3 is 0 Å². The zero-order valence-corrected chi connectivity index (χ0v) is 20.5. The molecule has 0 aromatic heterocycles. The van der Waals surface area contributed by atoms with Crippen LogP contribution >= 0.6 is 23.8 Å². The number of benzene rings is 3. The molecule has 1 atom stereocenters. The molecule has 1 aliphatic rings. The Bertz CT molecular complexity index is 1220. The summed E-state index contributed by atoms with van der Waals surface area (Å²) >= 11 is 11.7. The number of hydrogen-bond acceptors (Lipinski definition) is 4. The maximum atomic E-state index is 13.5. The van der Waals surface area contributed by atoms with Gasteiger partial charge in [-0.05, 0) is 84.9 Å². The van der Waals surface area contributed by atoms with Crippen LogP contribution in [0, 0.1) is 5.82 Å². The summed E-state index contributed by atoms with van der Waals surface area (Å²) in [6, 6.07) is 19.1. The predicted octanol–water partition coefficient (Wildman–Crippen LogP) is 5.06. The summed E-state index contributed by atoms with van der Waals surface area (Å²) in [5.74, 6) is -0.402. The highest BCUT2D eigenvalue weighted by molar-refractivity contribution is 7.80. The molecule has 1 aliphatic heterocycles. The minimum Gasteiger partial charge on any atom is -0.497 e. The van der Waals surface area contributed by atoms with Crippen molar-refractivity contribution in [2.75, 3.05) is 23.9 Å². The average molecular weight is 512 g/mol. The number of nitrogens with zero attached hydrogens (tertiary/aromatic N) is 2. The molecule has 4 rings (SSSR count). The first-order chi connectivity index (χ1) is 16.9. The summed E-state index contributed by atoms with van der Waals surface area (Å²) in [4.78, 5) is 29.5. The molecule has 0 aliphatic carbocycles. The number of nitrogens with one attached hydrogen (secondary N) is 1. The van der Waals surface area contributed by atoms with Gasteiger partial charge in [0, 0.05) is 17.3 Å². The third-order valence-electron chi connectivity index (χ3n) is 5.71. The van der Waals surface area contributed by atoms with E-state index in [4.69, 9.17) is 28.6 Å². The van der Waals surface area contributed by atoms with Crippen LogP contribution in [0.2, 0.25) is 5.02 Å². The number of carbonyl (C=O) groups excluding carboxylic acids is 2.